The van der Waals surface area contributed by atoms with Gasteiger partial charge in [0.2, 0.25) is 0 Å². The molecule has 0 amide bonds. The van der Waals surface area contributed by atoms with E-state index >= 15 is 0 Å². The second-order valence-electron chi connectivity index (χ2n) is 7.40. The van der Waals surface area contributed by atoms with E-state index < -0.39 is 0 Å². The molecule has 3 nitrogen and oxygen atoms in total. The Labute approximate surface area is 130 Å². The van der Waals surface area contributed by atoms with Crippen molar-refractivity contribution in [3.05, 3.63) is 18.0 Å². The first-order valence-corrected chi connectivity index (χ1v) is 8.80. The van der Waals surface area contributed by atoms with Gasteiger partial charge in [-0.05, 0) is 68.5 Å². The third kappa shape index (κ3) is 5.14. The SMILES string of the molecule is CCn1cc(CC2CC(C)CCC2CNCC(C)C)cn1. The van der Waals surface area contributed by atoms with Crippen LogP contribution in [0.15, 0.2) is 12.4 Å². The van der Waals surface area contributed by atoms with Gasteiger partial charge in [0.15, 0.2) is 0 Å². The highest BCUT2D eigenvalue weighted by Gasteiger charge is 2.28. The first-order valence-electron chi connectivity index (χ1n) is 8.80. The summed E-state index contributed by atoms with van der Waals surface area (Å²) in [5, 5.41) is 8.11. The fourth-order valence-electron chi connectivity index (χ4n) is 3.63. The van der Waals surface area contributed by atoms with E-state index in [0.717, 1.165) is 36.8 Å². The molecule has 1 fully saturated rings. The molecule has 0 aliphatic heterocycles. The highest BCUT2D eigenvalue weighted by molar-refractivity contribution is 5.06. The standard InChI is InChI=1S/C18H33N3/c1-5-21-13-16(11-20-21)9-18-8-15(4)6-7-17(18)12-19-10-14(2)3/h11,13-15,17-19H,5-10,12H2,1-4H3. The summed E-state index contributed by atoms with van der Waals surface area (Å²) in [5.74, 6) is 3.29. The van der Waals surface area contributed by atoms with Crippen molar-refractivity contribution in [2.24, 2.45) is 23.7 Å². The minimum atomic E-state index is 0.744. The molecule has 3 unspecified atom stereocenters. The van der Waals surface area contributed by atoms with Crippen molar-refractivity contribution in [1.29, 1.82) is 0 Å². The normalized spacial score (nSPS) is 26.4. The summed E-state index contributed by atoms with van der Waals surface area (Å²) in [6.07, 6.45) is 9.68. The van der Waals surface area contributed by atoms with Crippen molar-refractivity contribution >= 4 is 0 Å². The lowest BCUT2D eigenvalue weighted by atomic mass is 9.72. The minimum Gasteiger partial charge on any atom is -0.316 e. The molecule has 0 spiro atoms. The largest absolute Gasteiger partial charge is 0.316 e. The van der Waals surface area contributed by atoms with Crippen LogP contribution >= 0.6 is 0 Å². The Morgan fingerprint density at radius 2 is 2.14 bits per heavy atom. The van der Waals surface area contributed by atoms with Crippen LogP contribution in [0.25, 0.3) is 0 Å². The molecule has 1 aliphatic rings. The average Bonchev–Trinajstić information content (AvgIpc) is 2.88. The van der Waals surface area contributed by atoms with Crippen LogP contribution in [0.5, 0.6) is 0 Å². The Bertz CT molecular complexity index is 410. The molecular formula is C18H33N3. The summed E-state index contributed by atoms with van der Waals surface area (Å²) in [4.78, 5) is 0. The fourth-order valence-corrected chi connectivity index (χ4v) is 3.63. The van der Waals surface area contributed by atoms with E-state index in [-0.39, 0.29) is 0 Å². The van der Waals surface area contributed by atoms with Crippen molar-refractivity contribution in [3.8, 4) is 0 Å². The molecule has 1 heterocycles. The maximum atomic E-state index is 4.43. The summed E-state index contributed by atoms with van der Waals surface area (Å²) < 4.78 is 2.05. The topological polar surface area (TPSA) is 29.9 Å². The lowest BCUT2D eigenvalue weighted by Gasteiger charge is -2.35. The van der Waals surface area contributed by atoms with Gasteiger partial charge in [-0.15, -0.1) is 0 Å². The molecule has 120 valence electrons. The number of aryl methyl sites for hydroxylation is 1. The van der Waals surface area contributed by atoms with Gasteiger partial charge < -0.3 is 5.32 Å². The lowest BCUT2D eigenvalue weighted by Crippen LogP contribution is -2.35. The third-order valence-corrected chi connectivity index (χ3v) is 4.87. The maximum absolute atomic E-state index is 4.43. The summed E-state index contributed by atoms with van der Waals surface area (Å²) >= 11 is 0. The Kier molecular flexibility index (Phi) is 6.28. The zero-order chi connectivity index (χ0) is 15.2. The highest BCUT2D eigenvalue weighted by Crippen LogP contribution is 2.35. The first kappa shape index (κ1) is 16.5. The zero-order valence-corrected chi connectivity index (χ0v) is 14.3. The molecule has 0 bridgehead atoms. The minimum absolute atomic E-state index is 0.744. The number of aromatic nitrogens is 2. The Balaban J connectivity index is 1.91. The first-order chi connectivity index (χ1) is 10.1. The number of hydrogen-bond acceptors (Lipinski definition) is 2. The van der Waals surface area contributed by atoms with Crippen molar-refractivity contribution in [2.45, 2.75) is 59.9 Å². The monoisotopic (exact) mass is 291 g/mol. The van der Waals surface area contributed by atoms with Gasteiger partial charge in [0.25, 0.3) is 0 Å². The summed E-state index contributed by atoms with van der Waals surface area (Å²) in [7, 11) is 0. The summed E-state index contributed by atoms with van der Waals surface area (Å²) in [6.45, 7) is 12.4. The predicted molar refractivity (Wildman–Crippen MR) is 89.3 cm³/mol. The van der Waals surface area contributed by atoms with Crippen molar-refractivity contribution in [1.82, 2.24) is 15.1 Å². The van der Waals surface area contributed by atoms with Gasteiger partial charge in [-0.25, -0.2) is 0 Å². The molecule has 0 radical (unpaired) electrons. The molecule has 1 aliphatic carbocycles. The molecule has 1 saturated carbocycles. The fraction of sp³-hybridized carbons (Fsp3) is 0.833. The van der Waals surface area contributed by atoms with Crippen LogP contribution < -0.4 is 5.32 Å². The van der Waals surface area contributed by atoms with Crippen LogP contribution in [0.1, 0.15) is 52.5 Å². The van der Waals surface area contributed by atoms with Crippen molar-refractivity contribution in [2.75, 3.05) is 13.1 Å². The van der Waals surface area contributed by atoms with Crippen LogP contribution in [0.2, 0.25) is 0 Å². The number of rotatable bonds is 7. The molecule has 2 rings (SSSR count). The number of nitrogens with one attached hydrogen (secondary N) is 1. The van der Waals surface area contributed by atoms with Gasteiger partial charge in [0, 0.05) is 12.7 Å². The van der Waals surface area contributed by atoms with Crippen LogP contribution in [0.3, 0.4) is 0 Å². The van der Waals surface area contributed by atoms with Crippen molar-refractivity contribution in [3.63, 3.8) is 0 Å². The second kappa shape index (κ2) is 7.98. The van der Waals surface area contributed by atoms with E-state index in [1.165, 1.54) is 37.8 Å². The molecule has 3 heteroatoms. The third-order valence-electron chi connectivity index (χ3n) is 4.87. The van der Waals surface area contributed by atoms with Gasteiger partial charge in [-0.3, -0.25) is 4.68 Å². The predicted octanol–water partition coefficient (Wildman–Crippen LogP) is 3.74. The van der Waals surface area contributed by atoms with E-state index in [1.54, 1.807) is 0 Å². The summed E-state index contributed by atoms with van der Waals surface area (Å²) in [6, 6.07) is 0. The van der Waals surface area contributed by atoms with E-state index in [0.29, 0.717) is 0 Å². The van der Waals surface area contributed by atoms with E-state index in [2.05, 4.69) is 50.5 Å². The number of hydrogen-bond donors (Lipinski definition) is 1. The molecule has 3 atom stereocenters. The van der Waals surface area contributed by atoms with Crippen molar-refractivity contribution < 1.29 is 0 Å². The van der Waals surface area contributed by atoms with E-state index in [9.17, 15) is 0 Å². The number of nitrogens with zero attached hydrogens (tertiary/aromatic N) is 2. The molecule has 1 aromatic heterocycles. The molecule has 1 aromatic rings. The van der Waals surface area contributed by atoms with Crippen LogP contribution in [0, 0.1) is 23.7 Å². The van der Waals surface area contributed by atoms with Gasteiger partial charge in [-0.1, -0.05) is 27.2 Å². The molecule has 0 aromatic carbocycles. The highest BCUT2D eigenvalue weighted by atomic mass is 15.3. The van der Waals surface area contributed by atoms with E-state index in [1.807, 2.05) is 4.68 Å². The van der Waals surface area contributed by atoms with Gasteiger partial charge in [0.1, 0.15) is 0 Å². The Hall–Kier alpha value is -0.830. The van der Waals surface area contributed by atoms with Gasteiger partial charge in [-0.2, -0.15) is 5.10 Å². The van der Waals surface area contributed by atoms with Crippen LogP contribution in [-0.2, 0) is 13.0 Å². The molecule has 1 N–H and O–H groups in total. The Morgan fingerprint density at radius 1 is 1.33 bits per heavy atom. The smallest absolute Gasteiger partial charge is 0.0521 e. The van der Waals surface area contributed by atoms with E-state index in [4.69, 9.17) is 0 Å². The molecule has 0 saturated heterocycles. The maximum Gasteiger partial charge on any atom is 0.0521 e. The lowest BCUT2D eigenvalue weighted by molar-refractivity contribution is 0.182. The summed E-state index contributed by atoms with van der Waals surface area (Å²) in [5.41, 5.74) is 1.42. The van der Waals surface area contributed by atoms with Crippen LogP contribution in [0.4, 0.5) is 0 Å². The quantitative estimate of drug-likeness (QED) is 0.829. The molecule has 21 heavy (non-hydrogen) atoms. The average molecular weight is 291 g/mol. The van der Waals surface area contributed by atoms with Gasteiger partial charge >= 0.3 is 0 Å². The van der Waals surface area contributed by atoms with Gasteiger partial charge in [0.05, 0.1) is 6.20 Å². The second-order valence-corrected chi connectivity index (χ2v) is 7.40. The zero-order valence-electron chi connectivity index (χ0n) is 14.3. The van der Waals surface area contributed by atoms with Crippen LogP contribution in [-0.4, -0.2) is 22.9 Å². The molecular weight excluding hydrogens is 258 g/mol. The Morgan fingerprint density at radius 3 is 2.81 bits per heavy atom.